The lowest BCUT2D eigenvalue weighted by Gasteiger charge is -2.44. The van der Waals surface area contributed by atoms with Crippen molar-refractivity contribution in [3.63, 3.8) is 0 Å². The van der Waals surface area contributed by atoms with E-state index in [0.29, 0.717) is 13.1 Å². The molecule has 1 saturated heterocycles. The van der Waals surface area contributed by atoms with Crippen LogP contribution in [-0.4, -0.2) is 41.5 Å². The third kappa shape index (κ3) is 2.51. The number of sulfonamides is 1. The minimum atomic E-state index is -3.51. The van der Waals surface area contributed by atoms with Crippen molar-refractivity contribution in [2.45, 2.75) is 24.3 Å². The van der Waals surface area contributed by atoms with E-state index in [1.807, 2.05) is 0 Å². The largest absolute Gasteiger partial charge is 0.390 e. The zero-order chi connectivity index (χ0) is 13.6. The molecule has 0 saturated carbocycles. The predicted octanol–water partition coefficient (Wildman–Crippen LogP) is 1.13. The Morgan fingerprint density at radius 2 is 2.06 bits per heavy atom. The summed E-state index contributed by atoms with van der Waals surface area (Å²) in [7, 11) is -3.51. The summed E-state index contributed by atoms with van der Waals surface area (Å²) < 4.78 is 25.7. The molecular formula is C11H15ClN2O3S. The van der Waals surface area contributed by atoms with Gasteiger partial charge in [0.2, 0.25) is 10.0 Å². The molecule has 1 aliphatic heterocycles. The molecule has 1 aromatic heterocycles. The lowest BCUT2D eigenvalue weighted by atomic mass is 9.86. The highest BCUT2D eigenvalue weighted by atomic mass is 35.5. The zero-order valence-corrected chi connectivity index (χ0v) is 11.7. The first-order valence-electron chi connectivity index (χ1n) is 5.55. The van der Waals surface area contributed by atoms with Crippen LogP contribution < -0.4 is 0 Å². The van der Waals surface area contributed by atoms with Gasteiger partial charge in [0.15, 0.2) is 0 Å². The van der Waals surface area contributed by atoms with Gasteiger partial charge < -0.3 is 5.11 Å². The number of pyridine rings is 1. The molecule has 1 fully saturated rings. The van der Waals surface area contributed by atoms with E-state index in [-0.39, 0.29) is 16.0 Å². The van der Waals surface area contributed by atoms with Crippen LogP contribution >= 0.6 is 11.6 Å². The van der Waals surface area contributed by atoms with Gasteiger partial charge in [0.25, 0.3) is 0 Å². The summed E-state index contributed by atoms with van der Waals surface area (Å²) in [6.07, 6.45) is 1.25. The number of aliphatic hydroxyl groups is 1. The van der Waals surface area contributed by atoms with Crippen LogP contribution in [0.5, 0.6) is 0 Å². The number of halogens is 1. The molecule has 5 nitrogen and oxygen atoms in total. The highest BCUT2D eigenvalue weighted by molar-refractivity contribution is 7.89. The maximum absolute atomic E-state index is 12.2. The molecule has 1 N–H and O–H groups in total. The molecule has 7 heteroatoms. The summed E-state index contributed by atoms with van der Waals surface area (Å²) in [4.78, 5) is 3.89. The molecule has 2 rings (SSSR count). The van der Waals surface area contributed by atoms with Crippen LogP contribution in [0, 0.1) is 5.92 Å². The van der Waals surface area contributed by atoms with Gasteiger partial charge in [-0.15, -0.1) is 0 Å². The van der Waals surface area contributed by atoms with E-state index in [2.05, 4.69) is 4.98 Å². The van der Waals surface area contributed by atoms with E-state index in [1.54, 1.807) is 13.8 Å². The normalized spacial score (nSPS) is 18.7. The third-order valence-corrected chi connectivity index (χ3v) is 5.22. The number of nitrogens with zero attached hydrogens (tertiary/aromatic N) is 2. The van der Waals surface area contributed by atoms with Gasteiger partial charge in [0, 0.05) is 25.2 Å². The molecule has 18 heavy (non-hydrogen) atoms. The van der Waals surface area contributed by atoms with Gasteiger partial charge in [-0.2, -0.15) is 4.31 Å². The van der Waals surface area contributed by atoms with Crippen LogP contribution in [0.4, 0.5) is 0 Å². The quantitative estimate of drug-likeness (QED) is 0.847. The average molecular weight is 291 g/mol. The number of aromatic nitrogens is 1. The summed E-state index contributed by atoms with van der Waals surface area (Å²) in [5, 5.41) is 10.0. The first kappa shape index (κ1) is 13.7. The first-order chi connectivity index (χ1) is 8.21. The average Bonchev–Trinajstić information content (AvgIpc) is 2.12. The molecule has 1 aromatic rings. The van der Waals surface area contributed by atoms with Crippen LogP contribution in [0.25, 0.3) is 0 Å². The molecule has 0 aliphatic carbocycles. The van der Waals surface area contributed by atoms with Crippen LogP contribution in [0.2, 0.25) is 5.15 Å². The van der Waals surface area contributed by atoms with Crippen molar-refractivity contribution in [2.75, 3.05) is 13.1 Å². The Morgan fingerprint density at radius 1 is 1.44 bits per heavy atom. The van der Waals surface area contributed by atoms with Crippen LogP contribution in [-0.2, 0) is 10.0 Å². The Morgan fingerprint density at radius 3 is 2.50 bits per heavy atom. The highest BCUT2D eigenvalue weighted by Gasteiger charge is 2.43. The van der Waals surface area contributed by atoms with Gasteiger partial charge in [0.1, 0.15) is 10.0 Å². The Kier molecular flexibility index (Phi) is 3.40. The van der Waals surface area contributed by atoms with Crippen LogP contribution in [0.15, 0.2) is 23.2 Å². The molecule has 2 heterocycles. The number of hydrogen-bond acceptors (Lipinski definition) is 4. The highest BCUT2D eigenvalue weighted by Crippen LogP contribution is 2.31. The van der Waals surface area contributed by atoms with Crippen LogP contribution in [0.1, 0.15) is 13.8 Å². The third-order valence-electron chi connectivity index (χ3n) is 3.19. The Labute approximate surface area is 111 Å². The topological polar surface area (TPSA) is 70.5 Å². The van der Waals surface area contributed by atoms with Crippen molar-refractivity contribution in [1.82, 2.24) is 9.29 Å². The van der Waals surface area contributed by atoms with E-state index < -0.39 is 15.6 Å². The molecule has 0 amide bonds. The molecule has 1 aliphatic rings. The summed E-state index contributed by atoms with van der Waals surface area (Å²) in [5.41, 5.74) is -0.857. The summed E-state index contributed by atoms with van der Waals surface area (Å²) in [6.45, 7) is 4.03. The van der Waals surface area contributed by atoms with E-state index in [9.17, 15) is 13.5 Å². The van der Waals surface area contributed by atoms with E-state index in [0.717, 1.165) is 0 Å². The Balaban J connectivity index is 2.13. The Hall–Kier alpha value is -0.690. The van der Waals surface area contributed by atoms with Crippen molar-refractivity contribution in [1.29, 1.82) is 0 Å². The fourth-order valence-corrected chi connectivity index (χ4v) is 3.33. The van der Waals surface area contributed by atoms with Gasteiger partial charge in [0.05, 0.1) is 5.60 Å². The predicted molar refractivity (Wildman–Crippen MR) is 67.8 cm³/mol. The number of hydrogen-bond donors (Lipinski definition) is 1. The van der Waals surface area contributed by atoms with Gasteiger partial charge in [-0.25, -0.2) is 13.4 Å². The standard InChI is InChI=1S/C11H15ClN2O3S/c1-11(2,15)8-6-14(7-8)18(16,17)9-3-4-10(12)13-5-9/h3-5,8,15H,6-7H2,1-2H3. The molecule has 0 aromatic carbocycles. The monoisotopic (exact) mass is 290 g/mol. The van der Waals surface area contributed by atoms with Crippen molar-refractivity contribution in [2.24, 2.45) is 5.92 Å². The molecule has 100 valence electrons. The van der Waals surface area contributed by atoms with Gasteiger partial charge in [-0.3, -0.25) is 0 Å². The van der Waals surface area contributed by atoms with Crippen molar-refractivity contribution in [3.8, 4) is 0 Å². The minimum Gasteiger partial charge on any atom is -0.390 e. The van der Waals surface area contributed by atoms with E-state index in [4.69, 9.17) is 11.6 Å². The summed E-state index contributed by atoms with van der Waals surface area (Å²) in [5.74, 6) is -0.0347. The minimum absolute atomic E-state index is 0.0347. The van der Waals surface area contributed by atoms with Crippen LogP contribution in [0.3, 0.4) is 0 Å². The van der Waals surface area contributed by atoms with Gasteiger partial charge in [-0.1, -0.05) is 11.6 Å². The second kappa shape index (κ2) is 4.45. The molecule has 0 unspecified atom stereocenters. The molecular weight excluding hydrogens is 276 g/mol. The van der Waals surface area contributed by atoms with Gasteiger partial charge in [-0.05, 0) is 26.0 Å². The molecule has 0 spiro atoms. The SMILES string of the molecule is CC(C)(O)C1CN(S(=O)(=O)c2ccc(Cl)nc2)C1. The smallest absolute Gasteiger partial charge is 0.244 e. The lowest BCUT2D eigenvalue weighted by Crippen LogP contribution is -2.57. The second-order valence-corrected chi connectivity index (χ2v) is 7.31. The number of rotatable bonds is 3. The van der Waals surface area contributed by atoms with E-state index >= 15 is 0 Å². The molecule has 0 atom stereocenters. The molecule has 0 bridgehead atoms. The summed E-state index contributed by atoms with van der Waals surface area (Å²) in [6, 6.07) is 2.88. The fraction of sp³-hybridized carbons (Fsp3) is 0.545. The van der Waals surface area contributed by atoms with Gasteiger partial charge >= 0.3 is 0 Å². The zero-order valence-electron chi connectivity index (χ0n) is 10.2. The van der Waals surface area contributed by atoms with Crippen molar-refractivity contribution < 1.29 is 13.5 Å². The van der Waals surface area contributed by atoms with Crippen molar-refractivity contribution >= 4 is 21.6 Å². The van der Waals surface area contributed by atoms with E-state index in [1.165, 1.54) is 22.6 Å². The molecule has 0 radical (unpaired) electrons. The maximum Gasteiger partial charge on any atom is 0.244 e. The summed E-state index contributed by atoms with van der Waals surface area (Å²) >= 11 is 5.62. The lowest BCUT2D eigenvalue weighted by molar-refractivity contribution is -0.0339. The Bertz CT molecular complexity index is 530. The maximum atomic E-state index is 12.2. The van der Waals surface area contributed by atoms with Crippen molar-refractivity contribution in [3.05, 3.63) is 23.5 Å². The fourth-order valence-electron chi connectivity index (χ4n) is 1.75. The second-order valence-electron chi connectivity index (χ2n) is 4.99. The first-order valence-corrected chi connectivity index (χ1v) is 7.37.